The smallest absolute Gasteiger partial charge is 0.328 e. The van der Waals surface area contributed by atoms with Crippen molar-refractivity contribution >= 4 is 17.8 Å². The molecular weight excluding hydrogens is 406 g/mol. The first-order valence-corrected chi connectivity index (χ1v) is 8.81. The second-order valence-electron chi connectivity index (χ2n) is 7.20. The lowest BCUT2D eigenvalue weighted by Gasteiger charge is -2.34. The van der Waals surface area contributed by atoms with Crippen LogP contribution < -0.4 is 5.32 Å². The number of halogens is 4. The predicted octanol–water partition coefficient (Wildman–Crippen LogP) is 2.44. The molecule has 30 heavy (non-hydrogen) atoms. The van der Waals surface area contributed by atoms with Gasteiger partial charge in [-0.1, -0.05) is 0 Å². The van der Waals surface area contributed by atoms with Crippen LogP contribution in [0.1, 0.15) is 33.5 Å². The Labute approximate surface area is 167 Å². The van der Waals surface area contributed by atoms with Gasteiger partial charge < -0.3 is 4.90 Å². The molecule has 4 rings (SSSR count). The summed E-state index contributed by atoms with van der Waals surface area (Å²) >= 11 is 0. The normalized spacial score (nSPS) is 22.4. The highest BCUT2D eigenvalue weighted by Gasteiger charge is 2.61. The summed E-state index contributed by atoms with van der Waals surface area (Å²) in [5, 5.41) is 11.1. The molecule has 11 heteroatoms. The Morgan fingerprint density at radius 1 is 1.33 bits per heavy atom. The van der Waals surface area contributed by atoms with Crippen LogP contribution in [0.3, 0.4) is 0 Å². The highest BCUT2D eigenvalue weighted by Crippen LogP contribution is 2.55. The molecule has 154 valence electrons. The van der Waals surface area contributed by atoms with E-state index in [0.29, 0.717) is 0 Å². The summed E-state index contributed by atoms with van der Waals surface area (Å²) in [6.45, 7) is -0.653. The SMILES string of the molecule is N#Cc1cnc(NC(=O)CN2C[C@@]3(C[C@@H]3F)c3cc(C(F)(F)F)ccc3C2=O)nc1. The van der Waals surface area contributed by atoms with Crippen molar-refractivity contribution in [2.24, 2.45) is 0 Å². The molecule has 7 nitrogen and oxygen atoms in total. The number of aromatic nitrogens is 2. The van der Waals surface area contributed by atoms with Crippen LogP contribution in [-0.2, 0) is 16.4 Å². The summed E-state index contributed by atoms with van der Waals surface area (Å²) in [6, 6.07) is 4.45. The van der Waals surface area contributed by atoms with E-state index in [1.54, 1.807) is 0 Å². The molecule has 2 aromatic rings. The molecule has 1 aromatic heterocycles. The van der Waals surface area contributed by atoms with E-state index >= 15 is 0 Å². The fourth-order valence-electron chi connectivity index (χ4n) is 3.61. The Hall–Kier alpha value is -3.55. The van der Waals surface area contributed by atoms with Gasteiger partial charge in [0.25, 0.3) is 5.91 Å². The van der Waals surface area contributed by atoms with Crippen LogP contribution in [0, 0.1) is 11.3 Å². The van der Waals surface area contributed by atoms with Crippen molar-refractivity contribution in [3.63, 3.8) is 0 Å². The number of fused-ring (bicyclic) bond motifs is 2. The number of nitriles is 1. The molecule has 1 aliphatic heterocycles. The average molecular weight is 419 g/mol. The van der Waals surface area contributed by atoms with Crippen LogP contribution in [0.25, 0.3) is 0 Å². The highest BCUT2D eigenvalue weighted by molar-refractivity contribution is 6.01. The van der Waals surface area contributed by atoms with Crippen molar-refractivity contribution < 1.29 is 27.2 Å². The van der Waals surface area contributed by atoms with E-state index < -0.39 is 41.7 Å². The fraction of sp³-hybridized carbons (Fsp3) is 0.316. The van der Waals surface area contributed by atoms with E-state index in [4.69, 9.17) is 5.26 Å². The standard InChI is InChI=1S/C19H13F4N5O2/c20-14-4-18(14)9-28(8-15(29)27-17-25-6-10(5-24)7-26-17)16(30)12-2-1-11(3-13(12)18)19(21,22)23/h1-3,6-7,14H,4,8-9H2,(H,25,26,27,29)/t14-,18-/m0/s1. The Bertz CT molecular complexity index is 1080. The number of hydrogen-bond donors (Lipinski definition) is 1. The lowest BCUT2D eigenvalue weighted by atomic mass is 9.85. The highest BCUT2D eigenvalue weighted by atomic mass is 19.4. The molecule has 1 saturated carbocycles. The summed E-state index contributed by atoms with van der Waals surface area (Å²) < 4.78 is 53.4. The molecule has 2 heterocycles. The fourth-order valence-corrected chi connectivity index (χ4v) is 3.61. The van der Waals surface area contributed by atoms with Gasteiger partial charge in [-0.25, -0.2) is 14.4 Å². The minimum absolute atomic E-state index is 0.0224. The number of nitrogens with zero attached hydrogens (tertiary/aromatic N) is 4. The number of alkyl halides is 4. The lowest BCUT2D eigenvalue weighted by molar-refractivity contribution is -0.137. The van der Waals surface area contributed by atoms with Gasteiger partial charge >= 0.3 is 6.18 Å². The van der Waals surface area contributed by atoms with Gasteiger partial charge in [0, 0.05) is 17.5 Å². The lowest BCUT2D eigenvalue weighted by Crippen LogP contribution is -2.47. The van der Waals surface area contributed by atoms with Gasteiger partial charge in [-0.2, -0.15) is 18.4 Å². The third kappa shape index (κ3) is 3.34. The molecule has 2 atom stereocenters. The first-order valence-electron chi connectivity index (χ1n) is 8.81. The third-order valence-corrected chi connectivity index (χ3v) is 5.22. The van der Waals surface area contributed by atoms with Gasteiger partial charge in [-0.15, -0.1) is 0 Å². The maximum Gasteiger partial charge on any atom is 0.416 e. The number of amides is 2. The van der Waals surface area contributed by atoms with Crippen LogP contribution in [-0.4, -0.2) is 45.9 Å². The summed E-state index contributed by atoms with van der Waals surface area (Å²) in [7, 11) is 0. The minimum Gasteiger partial charge on any atom is -0.328 e. The Kier molecular flexibility index (Phi) is 4.45. The van der Waals surface area contributed by atoms with Crippen LogP contribution >= 0.6 is 0 Å². The van der Waals surface area contributed by atoms with Gasteiger partial charge in [-0.3, -0.25) is 14.9 Å². The zero-order valence-electron chi connectivity index (χ0n) is 15.2. The van der Waals surface area contributed by atoms with Crippen molar-refractivity contribution in [3.05, 3.63) is 52.8 Å². The molecule has 1 fully saturated rings. The number of anilines is 1. The molecular formula is C19H13F4N5O2. The molecule has 0 unspecified atom stereocenters. The number of hydrogen-bond acceptors (Lipinski definition) is 5. The summed E-state index contributed by atoms with van der Waals surface area (Å²) in [5.41, 5.74) is -2.01. The zero-order chi connectivity index (χ0) is 21.7. The molecule has 1 N–H and O–H groups in total. The molecule has 0 bridgehead atoms. The van der Waals surface area contributed by atoms with Crippen molar-refractivity contribution in [3.8, 4) is 6.07 Å². The second kappa shape index (κ2) is 6.76. The van der Waals surface area contributed by atoms with Crippen molar-refractivity contribution in [1.82, 2.24) is 14.9 Å². The minimum atomic E-state index is -4.61. The van der Waals surface area contributed by atoms with E-state index in [0.717, 1.165) is 23.1 Å². The first kappa shape index (κ1) is 19.8. The van der Waals surface area contributed by atoms with E-state index in [-0.39, 0.29) is 35.6 Å². The molecule has 2 amide bonds. The number of rotatable bonds is 3. The van der Waals surface area contributed by atoms with E-state index in [1.165, 1.54) is 12.4 Å². The van der Waals surface area contributed by atoms with Crippen LogP contribution in [0.15, 0.2) is 30.6 Å². The molecule has 0 radical (unpaired) electrons. The summed E-state index contributed by atoms with van der Waals surface area (Å²) in [5.74, 6) is -1.39. The molecule has 1 aliphatic carbocycles. The molecule has 2 aliphatic rings. The van der Waals surface area contributed by atoms with E-state index in [9.17, 15) is 27.2 Å². The predicted molar refractivity (Wildman–Crippen MR) is 93.9 cm³/mol. The summed E-state index contributed by atoms with van der Waals surface area (Å²) in [6.07, 6.45) is -3.63. The molecule has 1 aromatic carbocycles. The Morgan fingerprint density at radius 2 is 2.00 bits per heavy atom. The van der Waals surface area contributed by atoms with Crippen molar-refractivity contribution in [1.29, 1.82) is 5.26 Å². The van der Waals surface area contributed by atoms with Crippen LogP contribution in [0.2, 0.25) is 0 Å². The quantitative estimate of drug-likeness (QED) is 0.771. The maximum absolute atomic E-state index is 14.2. The maximum atomic E-state index is 14.2. The zero-order valence-corrected chi connectivity index (χ0v) is 15.2. The molecule has 1 spiro atoms. The third-order valence-electron chi connectivity index (χ3n) is 5.22. The average Bonchev–Trinajstić information content (AvgIpc) is 3.35. The van der Waals surface area contributed by atoms with Gasteiger partial charge in [-0.05, 0) is 30.2 Å². The van der Waals surface area contributed by atoms with Gasteiger partial charge in [0.15, 0.2) is 0 Å². The van der Waals surface area contributed by atoms with Crippen molar-refractivity contribution in [2.75, 3.05) is 18.4 Å². The van der Waals surface area contributed by atoms with Crippen molar-refractivity contribution in [2.45, 2.75) is 24.2 Å². The van der Waals surface area contributed by atoms with Gasteiger partial charge in [0.05, 0.1) is 23.5 Å². The second-order valence-corrected chi connectivity index (χ2v) is 7.20. The van der Waals surface area contributed by atoms with E-state index in [2.05, 4.69) is 15.3 Å². The number of benzene rings is 1. The first-order chi connectivity index (χ1) is 14.1. The monoisotopic (exact) mass is 419 g/mol. The topological polar surface area (TPSA) is 99.0 Å². The number of carbonyl (C=O) groups is 2. The van der Waals surface area contributed by atoms with E-state index in [1.807, 2.05) is 6.07 Å². The number of carbonyl (C=O) groups excluding carboxylic acids is 2. The Morgan fingerprint density at radius 3 is 2.57 bits per heavy atom. The van der Waals surface area contributed by atoms with Crippen LogP contribution in [0.4, 0.5) is 23.5 Å². The van der Waals surface area contributed by atoms with Gasteiger partial charge in [0.2, 0.25) is 11.9 Å². The summed E-state index contributed by atoms with van der Waals surface area (Å²) in [4.78, 5) is 33.7. The van der Waals surface area contributed by atoms with Gasteiger partial charge in [0.1, 0.15) is 18.8 Å². The molecule has 0 saturated heterocycles. The number of nitrogens with one attached hydrogen (secondary N) is 1. The van der Waals surface area contributed by atoms with Crippen LogP contribution in [0.5, 0.6) is 0 Å². The Balaban J connectivity index is 1.56. The largest absolute Gasteiger partial charge is 0.416 e.